The molecule has 22 heavy (non-hydrogen) atoms. The molecule has 0 aromatic heterocycles. The van der Waals surface area contributed by atoms with Crippen LogP contribution in [0.25, 0.3) is 0 Å². The molecule has 0 amide bonds. The summed E-state index contributed by atoms with van der Waals surface area (Å²) in [6, 6.07) is 6.54. The van der Waals surface area contributed by atoms with Crippen LogP contribution in [0, 0.1) is 6.92 Å². The molecule has 1 aliphatic rings. The zero-order valence-corrected chi connectivity index (χ0v) is 14.8. The molecule has 1 aromatic carbocycles. The van der Waals surface area contributed by atoms with Crippen LogP contribution in [-0.2, 0) is 4.74 Å². The summed E-state index contributed by atoms with van der Waals surface area (Å²) in [4.78, 5) is 1.64. The molecule has 3 heteroatoms. The zero-order valence-electron chi connectivity index (χ0n) is 14.8. The van der Waals surface area contributed by atoms with Crippen molar-refractivity contribution >= 4 is 0 Å². The molecule has 0 unspecified atom stereocenters. The van der Waals surface area contributed by atoms with E-state index in [0.29, 0.717) is 18.1 Å². The molecule has 0 saturated carbocycles. The third-order valence-corrected chi connectivity index (χ3v) is 4.34. The summed E-state index contributed by atoms with van der Waals surface area (Å²) in [6.07, 6.45) is 1.85. The van der Waals surface area contributed by atoms with Gasteiger partial charge in [0, 0.05) is 6.42 Å². The standard InChI is InChI=1S/C19H31NO2/c1-14(2)18-8-7-15(3)11-19(18)21-10-6-9-20-12-16(4)22-17(5)13-20/h7-8,11,14,16-17H,6,9-10,12-13H2,1-5H3/p+1/t16-,17-/m1/s1. The van der Waals surface area contributed by atoms with E-state index >= 15 is 0 Å². The maximum Gasteiger partial charge on any atom is 0.123 e. The summed E-state index contributed by atoms with van der Waals surface area (Å²) in [5, 5.41) is 0. The molecule has 3 nitrogen and oxygen atoms in total. The van der Waals surface area contributed by atoms with Crippen LogP contribution in [0.2, 0.25) is 0 Å². The number of hydrogen-bond acceptors (Lipinski definition) is 2. The number of morpholine rings is 1. The Balaban J connectivity index is 1.80. The van der Waals surface area contributed by atoms with Gasteiger partial charge in [-0.3, -0.25) is 0 Å². The minimum Gasteiger partial charge on any atom is -0.493 e. The van der Waals surface area contributed by atoms with Gasteiger partial charge >= 0.3 is 0 Å². The molecule has 1 N–H and O–H groups in total. The highest BCUT2D eigenvalue weighted by molar-refractivity contribution is 5.39. The Morgan fingerprint density at radius 1 is 1.23 bits per heavy atom. The van der Waals surface area contributed by atoms with Crippen LogP contribution in [0.5, 0.6) is 5.75 Å². The molecule has 1 heterocycles. The summed E-state index contributed by atoms with van der Waals surface area (Å²) in [5.41, 5.74) is 2.58. The predicted octanol–water partition coefficient (Wildman–Crippen LogP) is 2.58. The van der Waals surface area contributed by atoms with Crippen molar-refractivity contribution in [3.05, 3.63) is 29.3 Å². The third kappa shape index (κ3) is 4.99. The topological polar surface area (TPSA) is 22.9 Å². The van der Waals surface area contributed by atoms with E-state index in [9.17, 15) is 0 Å². The van der Waals surface area contributed by atoms with Crippen molar-refractivity contribution in [3.63, 3.8) is 0 Å². The van der Waals surface area contributed by atoms with Gasteiger partial charge in [-0.2, -0.15) is 0 Å². The first kappa shape index (κ1) is 17.3. The van der Waals surface area contributed by atoms with Gasteiger partial charge < -0.3 is 14.4 Å². The second-order valence-electron chi connectivity index (χ2n) is 7.06. The number of rotatable bonds is 6. The average molecular weight is 306 g/mol. The van der Waals surface area contributed by atoms with E-state index in [1.54, 1.807) is 4.90 Å². The SMILES string of the molecule is Cc1ccc(C(C)C)c(OCCC[NH+]2C[C@@H](C)O[C@H](C)C2)c1. The highest BCUT2D eigenvalue weighted by atomic mass is 16.5. The van der Waals surface area contributed by atoms with Gasteiger partial charge in [0.2, 0.25) is 0 Å². The Morgan fingerprint density at radius 2 is 1.91 bits per heavy atom. The molecule has 1 aliphatic heterocycles. The maximum absolute atomic E-state index is 6.08. The van der Waals surface area contributed by atoms with Gasteiger partial charge in [0.05, 0.1) is 13.2 Å². The van der Waals surface area contributed by atoms with E-state index in [0.717, 1.165) is 31.9 Å². The summed E-state index contributed by atoms with van der Waals surface area (Å²) in [5.74, 6) is 1.57. The fraction of sp³-hybridized carbons (Fsp3) is 0.684. The van der Waals surface area contributed by atoms with E-state index < -0.39 is 0 Å². The molecule has 2 rings (SSSR count). The second-order valence-corrected chi connectivity index (χ2v) is 7.06. The Morgan fingerprint density at radius 3 is 2.55 bits per heavy atom. The largest absolute Gasteiger partial charge is 0.493 e. The summed E-state index contributed by atoms with van der Waals surface area (Å²) >= 11 is 0. The summed E-state index contributed by atoms with van der Waals surface area (Å²) < 4.78 is 11.9. The Kier molecular flexibility index (Phi) is 6.27. The molecule has 1 fully saturated rings. The highest BCUT2D eigenvalue weighted by Crippen LogP contribution is 2.27. The number of aryl methyl sites for hydroxylation is 1. The van der Waals surface area contributed by atoms with Crippen LogP contribution < -0.4 is 9.64 Å². The molecular formula is C19H32NO2+. The van der Waals surface area contributed by atoms with Crippen molar-refractivity contribution in [2.75, 3.05) is 26.2 Å². The van der Waals surface area contributed by atoms with Gasteiger partial charge in [0.1, 0.15) is 31.0 Å². The van der Waals surface area contributed by atoms with E-state index in [-0.39, 0.29) is 0 Å². The van der Waals surface area contributed by atoms with Crippen LogP contribution in [0.3, 0.4) is 0 Å². The molecular weight excluding hydrogens is 274 g/mol. The van der Waals surface area contributed by atoms with Crippen molar-refractivity contribution < 1.29 is 14.4 Å². The normalized spacial score (nSPS) is 25.5. The van der Waals surface area contributed by atoms with Crippen molar-refractivity contribution in [1.82, 2.24) is 0 Å². The monoisotopic (exact) mass is 306 g/mol. The Labute approximate surface area is 135 Å². The van der Waals surface area contributed by atoms with Crippen LogP contribution in [0.15, 0.2) is 18.2 Å². The lowest BCUT2D eigenvalue weighted by Gasteiger charge is -2.32. The first-order valence-electron chi connectivity index (χ1n) is 8.68. The fourth-order valence-corrected chi connectivity index (χ4v) is 3.34. The molecule has 2 atom stereocenters. The van der Waals surface area contributed by atoms with Gasteiger partial charge in [0.25, 0.3) is 0 Å². The van der Waals surface area contributed by atoms with Crippen molar-refractivity contribution in [3.8, 4) is 5.75 Å². The van der Waals surface area contributed by atoms with Gasteiger partial charge in [-0.1, -0.05) is 26.0 Å². The number of quaternary nitrogens is 1. The van der Waals surface area contributed by atoms with Gasteiger partial charge in [-0.05, 0) is 43.9 Å². The van der Waals surface area contributed by atoms with E-state index in [2.05, 4.69) is 52.8 Å². The van der Waals surface area contributed by atoms with Crippen molar-refractivity contribution in [1.29, 1.82) is 0 Å². The molecule has 1 aromatic rings. The molecule has 0 spiro atoms. The first-order valence-corrected chi connectivity index (χ1v) is 8.68. The Bertz CT molecular complexity index is 463. The number of hydrogen-bond donors (Lipinski definition) is 1. The minimum absolute atomic E-state index is 0.379. The van der Waals surface area contributed by atoms with Crippen LogP contribution >= 0.6 is 0 Å². The number of nitrogens with one attached hydrogen (secondary N) is 1. The van der Waals surface area contributed by atoms with Crippen LogP contribution in [0.4, 0.5) is 0 Å². The average Bonchev–Trinajstić information content (AvgIpc) is 2.42. The first-order chi connectivity index (χ1) is 10.5. The number of benzene rings is 1. The molecule has 124 valence electrons. The van der Waals surface area contributed by atoms with E-state index in [1.807, 2.05) is 0 Å². The highest BCUT2D eigenvalue weighted by Gasteiger charge is 2.24. The second kappa shape index (κ2) is 7.98. The molecule has 0 bridgehead atoms. The third-order valence-electron chi connectivity index (χ3n) is 4.34. The molecule has 0 aliphatic carbocycles. The fourth-order valence-electron chi connectivity index (χ4n) is 3.34. The van der Waals surface area contributed by atoms with E-state index in [4.69, 9.17) is 9.47 Å². The lowest BCUT2D eigenvalue weighted by atomic mass is 10.0. The van der Waals surface area contributed by atoms with Gasteiger partial charge in [-0.15, -0.1) is 0 Å². The lowest BCUT2D eigenvalue weighted by Crippen LogP contribution is -3.15. The quantitative estimate of drug-likeness (QED) is 0.816. The van der Waals surface area contributed by atoms with Gasteiger partial charge in [0.15, 0.2) is 0 Å². The van der Waals surface area contributed by atoms with Crippen LogP contribution in [0.1, 0.15) is 51.2 Å². The van der Waals surface area contributed by atoms with E-state index in [1.165, 1.54) is 17.7 Å². The van der Waals surface area contributed by atoms with Crippen molar-refractivity contribution in [2.45, 2.75) is 59.2 Å². The molecule has 0 radical (unpaired) electrons. The maximum atomic E-state index is 6.08. The summed E-state index contributed by atoms with van der Waals surface area (Å²) in [6.45, 7) is 15.1. The summed E-state index contributed by atoms with van der Waals surface area (Å²) in [7, 11) is 0. The van der Waals surface area contributed by atoms with Gasteiger partial charge in [-0.25, -0.2) is 0 Å². The Hall–Kier alpha value is -1.06. The molecule has 1 saturated heterocycles. The van der Waals surface area contributed by atoms with Crippen molar-refractivity contribution in [2.24, 2.45) is 0 Å². The lowest BCUT2D eigenvalue weighted by molar-refractivity contribution is -0.915. The van der Waals surface area contributed by atoms with Crippen LogP contribution in [-0.4, -0.2) is 38.4 Å². The zero-order chi connectivity index (χ0) is 16.1. The number of ether oxygens (including phenoxy) is 2. The predicted molar refractivity (Wildman–Crippen MR) is 91.0 cm³/mol. The minimum atomic E-state index is 0.379. The smallest absolute Gasteiger partial charge is 0.123 e.